The van der Waals surface area contributed by atoms with Crippen LogP contribution in [0.2, 0.25) is 0 Å². The minimum atomic E-state index is -3.43. The van der Waals surface area contributed by atoms with Crippen LogP contribution in [0.4, 0.5) is 0 Å². The molecule has 3 aromatic carbocycles. The van der Waals surface area contributed by atoms with E-state index in [0.717, 1.165) is 22.8 Å². The van der Waals surface area contributed by atoms with Crippen LogP contribution in [0.25, 0.3) is 33.7 Å². The highest BCUT2D eigenvalue weighted by atomic mass is 32.2. The molecule has 7 nitrogen and oxygen atoms in total. The molecule has 1 N–H and O–H groups in total. The average Bonchev–Trinajstić information content (AvgIpc) is 2.85. The summed E-state index contributed by atoms with van der Waals surface area (Å²) in [5.41, 5.74) is 3.73. The van der Waals surface area contributed by atoms with E-state index in [2.05, 4.69) is 4.98 Å². The first-order valence-electron chi connectivity index (χ1n) is 11.6. The fourth-order valence-electron chi connectivity index (χ4n) is 4.09. The number of hydrogen-bond acceptors (Lipinski definition) is 6. The molecule has 9 heteroatoms. The van der Waals surface area contributed by atoms with Crippen LogP contribution in [0.15, 0.2) is 83.9 Å². The predicted octanol–water partition coefficient (Wildman–Crippen LogP) is 5.21. The Morgan fingerprint density at radius 2 is 1.58 bits per heavy atom. The van der Waals surface area contributed by atoms with E-state index in [-0.39, 0.29) is 10.5 Å². The van der Waals surface area contributed by atoms with Gasteiger partial charge in [-0.05, 0) is 78.6 Å². The van der Waals surface area contributed by atoms with Crippen LogP contribution in [0.3, 0.4) is 0 Å². The second-order valence-corrected chi connectivity index (χ2v) is 14.2. The van der Waals surface area contributed by atoms with E-state index in [0.29, 0.717) is 22.2 Å². The molecule has 0 aliphatic heterocycles. The van der Waals surface area contributed by atoms with Crippen LogP contribution < -0.4 is 0 Å². The molecule has 0 unspecified atom stereocenters. The van der Waals surface area contributed by atoms with Crippen LogP contribution >= 0.6 is 0 Å². The lowest BCUT2D eigenvalue weighted by atomic mass is 9.92. The summed E-state index contributed by atoms with van der Waals surface area (Å²) in [7, 11) is -6.85. The summed E-state index contributed by atoms with van der Waals surface area (Å²) in [6, 6.07) is 20.2. The van der Waals surface area contributed by atoms with Crippen LogP contribution in [0.1, 0.15) is 30.5 Å². The predicted molar refractivity (Wildman–Crippen MR) is 150 cm³/mol. The Labute approximate surface area is 222 Å². The maximum absolute atomic E-state index is 12.6. The summed E-state index contributed by atoms with van der Waals surface area (Å²) >= 11 is 0. The monoisotopic (exact) mass is 549 g/mol. The number of fused-ring (bicyclic) bond motifs is 1. The van der Waals surface area contributed by atoms with Crippen molar-refractivity contribution >= 4 is 48.2 Å². The second kappa shape index (κ2) is 9.81. The largest absolute Gasteiger partial charge is 0.478 e. The first kappa shape index (κ1) is 27.2. The molecular formula is C29H27NO6S2. The van der Waals surface area contributed by atoms with Gasteiger partial charge in [-0.15, -0.1) is 0 Å². The number of rotatable bonds is 7. The molecule has 0 saturated carbocycles. The molecular weight excluding hydrogens is 522 g/mol. The summed E-state index contributed by atoms with van der Waals surface area (Å²) in [4.78, 5) is 16.7. The van der Waals surface area contributed by atoms with Gasteiger partial charge in [-0.1, -0.05) is 36.4 Å². The quantitative estimate of drug-likeness (QED) is 0.248. The van der Waals surface area contributed by atoms with E-state index in [1.807, 2.05) is 30.3 Å². The Balaban J connectivity index is 1.87. The Morgan fingerprint density at radius 1 is 0.895 bits per heavy atom. The topological polar surface area (TPSA) is 118 Å². The number of pyridine rings is 1. The third-order valence-electron chi connectivity index (χ3n) is 6.66. The van der Waals surface area contributed by atoms with E-state index in [4.69, 9.17) is 0 Å². The molecule has 0 aliphatic rings. The lowest BCUT2D eigenvalue weighted by Gasteiger charge is -2.24. The van der Waals surface area contributed by atoms with Crippen molar-refractivity contribution in [3.63, 3.8) is 0 Å². The van der Waals surface area contributed by atoms with Gasteiger partial charge < -0.3 is 5.11 Å². The van der Waals surface area contributed by atoms with Gasteiger partial charge in [-0.2, -0.15) is 0 Å². The number of nitrogens with zero attached hydrogens (tertiary/aromatic N) is 1. The number of carboxylic acids is 1. The fraction of sp³-hybridized carbons (Fsp3) is 0.172. The lowest BCUT2D eigenvalue weighted by Crippen LogP contribution is -2.28. The number of aromatic nitrogens is 1. The average molecular weight is 550 g/mol. The Morgan fingerprint density at radius 3 is 2.18 bits per heavy atom. The Bertz CT molecular complexity index is 1800. The van der Waals surface area contributed by atoms with Gasteiger partial charge in [0.05, 0.1) is 20.7 Å². The molecule has 0 aliphatic carbocycles. The smallest absolute Gasteiger partial charge is 0.336 e. The van der Waals surface area contributed by atoms with Crippen molar-refractivity contribution in [2.75, 3.05) is 12.5 Å². The van der Waals surface area contributed by atoms with Gasteiger partial charge in [0.1, 0.15) is 0 Å². The number of benzene rings is 3. The fourth-order valence-corrected chi connectivity index (χ4v) is 5.26. The molecule has 0 amide bonds. The number of sulfone groups is 2. The van der Waals surface area contributed by atoms with Crippen LogP contribution in [-0.2, 0) is 29.2 Å². The molecule has 1 heterocycles. The molecule has 196 valence electrons. The van der Waals surface area contributed by atoms with Crippen LogP contribution in [0, 0.1) is 0 Å². The van der Waals surface area contributed by atoms with E-state index >= 15 is 0 Å². The van der Waals surface area contributed by atoms with E-state index in [1.165, 1.54) is 36.6 Å². The highest BCUT2D eigenvalue weighted by Crippen LogP contribution is 2.36. The number of carboxylic acid groups (broad SMARTS) is 1. The van der Waals surface area contributed by atoms with Crippen molar-refractivity contribution in [2.24, 2.45) is 0 Å². The SMILES string of the molecule is CC(C)(c1cc(-c2cccc(C=C(C(=O)O)c3ccc(S(C)(=O)=O)cc3)c2)c2ncccc2c1)S(C)(=O)=O. The second-order valence-electron chi connectivity index (χ2n) is 9.67. The zero-order valence-corrected chi connectivity index (χ0v) is 23.0. The minimum absolute atomic E-state index is 0.00264. The molecule has 0 fully saturated rings. The van der Waals surface area contributed by atoms with E-state index in [9.17, 15) is 26.7 Å². The summed E-state index contributed by atoms with van der Waals surface area (Å²) in [6.07, 6.45) is 5.48. The zero-order valence-electron chi connectivity index (χ0n) is 21.3. The van der Waals surface area contributed by atoms with Crippen molar-refractivity contribution in [1.29, 1.82) is 0 Å². The maximum Gasteiger partial charge on any atom is 0.336 e. The van der Waals surface area contributed by atoms with Crippen molar-refractivity contribution in [1.82, 2.24) is 4.98 Å². The molecule has 4 aromatic rings. The van der Waals surface area contributed by atoms with Gasteiger partial charge in [-0.3, -0.25) is 4.98 Å². The molecule has 1 aromatic heterocycles. The number of aliphatic carboxylic acids is 1. The van der Waals surface area contributed by atoms with Gasteiger partial charge >= 0.3 is 5.97 Å². The lowest BCUT2D eigenvalue weighted by molar-refractivity contribution is -0.130. The first-order valence-corrected chi connectivity index (χ1v) is 15.4. The van der Waals surface area contributed by atoms with E-state index in [1.54, 1.807) is 38.2 Å². The first-order chi connectivity index (χ1) is 17.7. The molecule has 0 atom stereocenters. The molecule has 0 radical (unpaired) electrons. The molecule has 0 bridgehead atoms. The van der Waals surface area contributed by atoms with Gasteiger partial charge in [0.25, 0.3) is 0 Å². The summed E-state index contributed by atoms with van der Waals surface area (Å²) in [6.45, 7) is 3.33. The third-order valence-corrected chi connectivity index (χ3v) is 9.88. The number of carbonyl (C=O) groups is 1. The number of hydrogen-bond donors (Lipinski definition) is 1. The van der Waals surface area contributed by atoms with Crippen LogP contribution in [-0.4, -0.2) is 45.4 Å². The van der Waals surface area contributed by atoms with Gasteiger partial charge in [-0.25, -0.2) is 21.6 Å². The summed E-state index contributed by atoms with van der Waals surface area (Å²) in [5.74, 6) is -1.16. The van der Waals surface area contributed by atoms with Crippen molar-refractivity contribution in [3.8, 4) is 11.1 Å². The Kier molecular flexibility index (Phi) is 7.03. The van der Waals surface area contributed by atoms with Crippen molar-refractivity contribution in [3.05, 3.63) is 95.7 Å². The highest BCUT2D eigenvalue weighted by Gasteiger charge is 2.33. The van der Waals surface area contributed by atoms with Gasteiger partial charge in [0.2, 0.25) is 0 Å². The molecule has 0 spiro atoms. The summed E-state index contributed by atoms with van der Waals surface area (Å²) < 4.78 is 47.6. The molecule has 38 heavy (non-hydrogen) atoms. The third kappa shape index (κ3) is 5.39. The molecule has 0 saturated heterocycles. The molecule has 4 rings (SSSR count). The Hall–Kier alpha value is -3.82. The summed E-state index contributed by atoms with van der Waals surface area (Å²) in [5, 5.41) is 10.7. The minimum Gasteiger partial charge on any atom is -0.478 e. The van der Waals surface area contributed by atoms with Crippen molar-refractivity contribution in [2.45, 2.75) is 23.5 Å². The van der Waals surface area contributed by atoms with Gasteiger partial charge in [0, 0.05) is 29.7 Å². The van der Waals surface area contributed by atoms with Gasteiger partial charge in [0.15, 0.2) is 19.7 Å². The van der Waals surface area contributed by atoms with Crippen LogP contribution in [0.5, 0.6) is 0 Å². The highest BCUT2D eigenvalue weighted by molar-refractivity contribution is 7.91. The normalized spacial score (nSPS) is 13.0. The maximum atomic E-state index is 12.6. The van der Waals surface area contributed by atoms with E-state index < -0.39 is 30.4 Å². The zero-order chi connectivity index (χ0) is 27.9. The standard InChI is InChI=1S/C29H27NO6S2/c1-29(2,38(4,35)36)23-17-22-9-6-14-30-27(22)25(18-23)21-8-5-7-19(15-21)16-26(28(31)32)20-10-12-24(13-11-20)37(3,33)34/h5-18H,1-4H3,(H,31,32). The van der Waals surface area contributed by atoms with Crippen molar-refractivity contribution < 1.29 is 26.7 Å².